The molecule has 0 aromatic heterocycles. The van der Waals surface area contributed by atoms with Gasteiger partial charge in [-0.15, -0.1) is 0 Å². The standard InChI is InChI=1S/C15H22ClNO3S/c1-9(2)11(4)8-17-15(18)13-6-10(3)12(5)14(7-13)21(16,19)20/h6-7,9,11H,8H2,1-5H3,(H,17,18). The summed E-state index contributed by atoms with van der Waals surface area (Å²) in [5.41, 5.74) is 1.60. The number of aryl methyl sites for hydroxylation is 1. The minimum atomic E-state index is -3.86. The summed E-state index contributed by atoms with van der Waals surface area (Å²) in [5, 5.41) is 2.83. The highest BCUT2D eigenvalue weighted by atomic mass is 35.7. The van der Waals surface area contributed by atoms with Crippen LogP contribution in [0, 0.1) is 25.7 Å². The predicted octanol–water partition coefficient (Wildman–Crippen LogP) is 3.25. The van der Waals surface area contributed by atoms with Gasteiger partial charge in [0.15, 0.2) is 0 Å². The Labute approximate surface area is 131 Å². The van der Waals surface area contributed by atoms with Gasteiger partial charge in [-0.3, -0.25) is 4.79 Å². The molecule has 0 spiro atoms. The van der Waals surface area contributed by atoms with Crippen molar-refractivity contribution < 1.29 is 13.2 Å². The predicted molar refractivity (Wildman–Crippen MR) is 85.3 cm³/mol. The number of carbonyl (C=O) groups excluding carboxylic acids is 1. The van der Waals surface area contributed by atoms with Gasteiger partial charge in [-0.1, -0.05) is 20.8 Å². The topological polar surface area (TPSA) is 63.2 Å². The number of benzene rings is 1. The van der Waals surface area contributed by atoms with Gasteiger partial charge in [0.25, 0.3) is 15.0 Å². The lowest BCUT2D eigenvalue weighted by molar-refractivity contribution is 0.0944. The molecule has 0 radical (unpaired) electrons. The van der Waals surface area contributed by atoms with Crippen molar-refractivity contribution >= 4 is 25.6 Å². The molecule has 4 nitrogen and oxygen atoms in total. The van der Waals surface area contributed by atoms with E-state index in [0.717, 1.165) is 5.56 Å². The summed E-state index contributed by atoms with van der Waals surface area (Å²) in [7, 11) is 1.56. The van der Waals surface area contributed by atoms with Crippen LogP contribution < -0.4 is 5.32 Å². The number of nitrogens with one attached hydrogen (secondary N) is 1. The maximum atomic E-state index is 12.2. The van der Waals surface area contributed by atoms with E-state index in [1.54, 1.807) is 19.9 Å². The van der Waals surface area contributed by atoms with Crippen molar-refractivity contribution in [3.05, 3.63) is 28.8 Å². The first-order valence-corrected chi connectivity index (χ1v) is 9.19. The lowest BCUT2D eigenvalue weighted by Crippen LogP contribution is -2.30. The maximum Gasteiger partial charge on any atom is 0.261 e. The molecule has 0 saturated carbocycles. The van der Waals surface area contributed by atoms with Gasteiger partial charge in [-0.05, 0) is 48.9 Å². The summed E-state index contributed by atoms with van der Waals surface area (Å²) >= 11 is 0. The molecular formula is C15H22ClNO3S. The van der Waals surface area contributed by atoms with Gasteiger partial charge >= 0.3 is 0 Å². The average Bonchev–Trinajstić information content (AvgIpc) is 2.36. The molecule has 6 heteroatoms. The van der Waals surface area contributed by atoms with E-state index in [0.29, 0.717) is 29.5 Å². The van der Waals surface area contributed by atoms with E-state index < -0.39 is 9.05 Å². The van der Waals surface area contributed by atoms with Crippen molar-refractivity contribution in [3.8, 4) is 0 Å². The highest BCUT2D eigenvalue weighted by molar-refractivity contribution is 8.13. The molecule has 1 aromatic rings. The van der Waals surface area contributed by atoms with Crippen LogP contribution in [0.15, 0.2) is 17.0 Å². The van der Waals surface area contributed by atoms with E-state index in [2.05, 4.69) is 26.1 Å². The van der Waals surface area contributed by atoms with E-state index in [4.69, 9.17) is 10.7 Å². The Morgan fingerprint density at radius 3 is 2.29 bits per heavy atom. The van der Waals surface area contributed by atoms with Gasteiger partial charge in [-0.25, -0.2) is 8.42 Å². The summed E-state index contributed by atoms with van der Waals surface area (Å²) in [6.45, 7) is 10.2. The zero-order chi connectivity index (χ0) is 16.4. The van der Waals surface area contributed by atoms with Crippen LogP contribution in [-0.4, -0.2) is 20.9 Å². The van der Waals surface area contributed by atoms with Gasteiger partial charge in [0, 0.05) is 22.8 Å². The van der Waals surface area contributed by atoms with Crippen LogP contribution in [-0.2, 0) is 9.05 Å². The van der Waals surface area contributed by atoms with E-state index in [9.17, 15) is 13.2 Å². The molecule has 0 aliphatic carbocycles. The first-order valence-electron chi connectivity index (χ1n) is 6.88. The van der Waals surface area contributed by atoms with Crippen LogP contribution in [0.25, 0.3) is 0 Å². The highest BCUT2D eigenvalue weighted by Crippen LogP contribution is 2.24. The summed E-state index contributed by atoms with van der Waals surface area (Å²) < 4.78 is 23.1. The number of hydrogen-bond donors (Lipinski definition) is 1. The molecule has 1 N–H and O–H groups in total. The number of amides is 1. The molecule has 0 heterocycles. The Balaban J connectivity index is 3.04. The number of halogens is 1. The van der Waals surface area contributed by atoms with Crippen molar-refractivity contribution in [2.75, 3.05) is 6.54 Å². The molecule has 0 aliphatic rings. The van der Waals surface area contributed by atoms with Crippen LogP contribution in [0.2, 0.25) is 0 Å². The van der Waals surface area contributed by atoms with E-state index in [-0.39, 0.29) is 10.8 Å². The van der Waals surface area contributed by atoms with Gasteiger partial charge in [0.2, 0.25) is 0 Å². The normalized spacial score (nSPS) is 13.3. The Morgan fingerprint density at radius 1 is 1.24 bits per heavy atom. The molecule has 1 atom stereocenters. The zero-order valence-electron chi connectivity index (χ0n) is 13.0. The second-order valence-corrected chi connectivity index (χ2v) is 8.32. The Morgan fingerprint density at radius 2 is 1.81 bits per heavy atom. The first kappa shape index (κ1) is 18.0. The van der Waals surface area contributed by atoms with Crippen molar-refractivity contribution in [1.82, 2.24) is 5.32 Å². The van der Waals surface area contributed by atoms with Gasteiger partial charge < -0.3 is 5.32 Å². The van der Waals surface area contributed by atoms with E-state index >= 15 is 0 Å². The van der Waals surface area contributed by atoms with Crippen molar-refractivity contribution in [1.29, 1.82) is 0 Å². The average molecular weight is 332 g/mol. The van der Waals surface area contributed by atoms with Crippen molar-refractivity contribution in [3.63, 3.8) is 0 Å². The second-order valence-electron chi connectivity index (χ2n) is 5.79. The lowest BCUT2D eigenvalue weighted by Gasteiger charge is -2.16. The van der Waals surface area contributed by atoms with Crippen LogP contribution in [0.5, 0.6) is 0 Å². The van der Waals surface area contributed by atoms with Gasteiger partial charge in [-0.2, -0.15) is 0 Å². The Kier molecular flexibility index (Phi) is 5.82. The lowest BCUT2D eigenvalue weighted by atomic mass is 9.98. The van der Waals surface area contributed by atoms with E-state index in [1.165, 1.54) is 6.07 Å². The molecular weight excluding hydrogens is 310 g/mol. The molecule has 1 aromatic carbocycles. The third-order valence-corrected chi connectivity index (χ3v) is 5.32. The highest BCUT2D eigenvalue weighted by Gasteiger charge is 2.19. The Hall–Kier alpha value is -1.07. The largest absolute Gasteiger partial charge is 0.352 e. The number of rotatable bonds is 5. The van der Waals surface area contributed by atoms with Crippen LogP contribution in [0.4, 0.5) is 0 Å². The Bertz CT molecular complexity index is 639. The summed E-state index contributed by atoms with van der Waals surface area (Å²) in [6.07, 6.45) is 0. The van der Waals surface area contributed by atoms with Crippen LogP contribution >= 0.6 is 10.7 Å². The molecule has 1 rings (SSSR count). The fourth-order valence-electron chi connectivity index (χ4n) is 1.80. The molecule has 0 aliphatic heterocycles. The number of carbonyl (C=O) groups is 1. The second kappa shape index (κ2) is 6.79. The van der Waals surface area contributed by atoms with Crippen molar-refractivity contribution in [2.24, 2.45) is 11.8 Å². The smallest absolute Gasteiger partial charge is 0.261 e. The van der Waals surface area contributed by atoms with Crippen LogP contribution in [0.3, 0.4) is 0 Å². The fraction of sp³-hybridized carbons (Fsp3) is 0.533. The number of hydrogen-bond acceptors (Lipinski definition) is 3. The molecule has 1 amide bonds. The monoisotopic (exact) mass is 331 g/mol. The molecule has 0 bridgehead atoms. The SMILES string of the molecule is Cc1cc(C(=O)NCC(C)C(C)C)cc(S(=O)(=O)Cl)c1C. The molecule has 0 saturated heterocycles. The molecule has 0 fully saturated rings. The quantitative estimate of drug-likeness (QED) is 0.842. The molecule has 1 unspecified atom stereocenters. The van der Waals surface area contributed by atoms with Gasteiger partial charge in [0.1, 0.15) is 0 Å². The summed E-state index contributed by atoms with van der Waals surface area (Å²) in [6, 6.07) is 3.01. The molecule has 118 valence electrons. The van der Waals surface area contributed by atoms with Crippen molar-refractivity contribution in [2.45, 2.75) is 39.5 Å². The zero-order valence-corrected chi connectivity index (χ0v) is 14.6. The minimum absolute atomic E-state index is 0.00813. The maximum absolute atomic E-state index is 12.2. The minimum Gasteiger partial charge on any atom is -0.352 e. The van der Waals surface area contributed by atoms with Crippen LogP contribution in [0.1, 0.15) is 42.3 Å². The van der Waals surface area contributed by atoms with Gasteiger partial charge in [0.05, 0.1) is 4.90 Å². The fourth-order valence-corrected chi connectivity index (χ4v) is 3.08. The van der Waals surface area contributed by atoms with E-state index in [1.807, 2.05) is 0 Å². The molecule has 21 heavy (non-hydrogen) atoms. The first-order chi connectivity index (χ1) is 9.54. The summed E-state index contributed by atoms with van der Waals surface area (Å²) in [4.78, 5) is 12.2. The third-order valence-electron chi connectivity index (χ3n) is 3.87. The summed E-state index contributed by atoms with van der Waals surface area (Å²) in [5.74, 6) is 0.521. The third kappa shape index (κ3) is 4.71.